The maximum atomic E-state index is 15.2. The van der Waals surface area contributed by atoms with E-state index in [0.717, 1.165) is 31.6 Å². The molecule has 2 saturated carbocycles. The van der Waals surface area contributed by atoms with E-state index in [2.05, 4.69) is 16.8 Å². The van der Waals surface area contributed by atoms with Gasteiger partial charge in [-0.2, -0.15) is 8.42 Å². The lowest BCUT2D eigenvalue weighted by atomic mass is 9.60. The highest BCUT2D eigenvalue weighted by Gasteiger charge is 2.49. The van der Waals surface area contributed by atoms with E-state index in [1.165, 1.54) is 25.3 Å². The number of carbonyl (C=O) groups excluding carboxylic acids is 1. The second-order valence-electron chi connectivity index (χ2n) is 10.8. The van der Waals surface area contributed by atoms with Crippen molar-refractivity contribution >= 4 is 26.9 Å². The molecule has 0 radical (unpaired) electrons. The molecule has 3 heterocycles. The van der Waals surface area contributed by atoms with Crippen molar-refractivity contribution in [2.45, 2.75) is 64.3 Å². The first-order valence-corrected chi connectivity index (χ1v) is 13.3. The van der Waals surface area contributed by atoms with Gasteiger partial charge in [0.1, 0.15) is 0 Å². The summed E-state index contributed by atoms with van der Waals surface area (Å²) >= 11 is 0. The average molecular weight is 463 g/mol. The summed E-state index contributed by atoms with van der Waals surface area (Å²) in [4.78, 5) is 18.6. The van der Waals surface area contributed by atoms with Gasteiger partial charge in [-0.15, -0.1) is 0 Å². The van der Waals surface area contributed by atoms with E-state index in [-0.39, 0.29) is 23.0 Å². The van der Waals surface area contributed by atoms with E-state index in [9.17, 15) is 13.2 Å². The van der Waals surface area contributed by atoms with Gasteiger partial charge in [-0.25, -0.2) is 4.39 Å². The van der Waals surface area contributed by atoms with Crippen molar-refractivity contribution in [3.63, 3.8) is 0 Å². The van der Waals surface area contributed by atoms with Crippen LogP contribution in [0.25, 0.3) is 10.9 Å². The molecule has 4 fully saturated rings. The summed E-state index contributed by atoms with van der Waals surface area (Å²) in [6.45, 7) is 5.16. The Morgan fingerprint density at radius 3 is 2.75 bits per heavy atom. The van der Waals surface area contributed by atoms with E-state index in [0.29, 0.717) is 34.9 Å². The molecule has 1 amide bonds. The summed E-state index contributed by atoms with van der Waals surface area (Å²) in [6, 6.07) is 3.22. The molecule has 1 N–H and O–H groups in total. The van der Waals surface area contributed by atoms with Crippen LogP contribution in [0.3, 0.4) is 0 Å². The zero-order valence-corrected chi connectivity index (χ0v) is 19.7. The molecule has 0 spiro atoms. The normalized spacial score (nSPS) is 30.5. The molecule has 2 saturated heterocycles. The molecule has 5 unspecified atom stereocenters. The van der Waals surface area contributed by atoms with Gasteiger partial charge in [-0.1, -0.05) is 13.8 Å². The van der Waals surface area contributed by atoms with Crippen molar-refractivity contribution in [1.29, 1.82) is 0 Å². The highest BCUT2D eigenvalue weighted by Crippen LogP contribution is 2.54. The number of aromatic amines is 1. The molecule has 2 aromatic rings. The maximum absolute atomic E-state index is 15.2. The molecule has 4 bridgehead atoms. The Kier molecular flexibility index (Phi) is 5.07. The first-order chi connectivity index (χ1) is 15.0. The van der Waals surface area contributed by atoms with Crippen molar-refractivity contribution in [2.75, 3.05) is 12.8 Å². The average Bonchev–Trinajstić information content (AvgIpc) is 3.02. The highest BCUT2D eigenvalue weighted by molar-refractivity contribution is 7.86. The minimum atomic E-state index is -3.85. The molecule has 1 aromatic heterocycles. The van der Waals surface area contributed by atoms with Crippen molar-refractivity contribution in [2.24, 2.45) is 17.3 Å². The Morgan fingerprint density at radius 2 is 2.03 bits per heavy atom. The van der Waals surface area contributed by atoms with Gasteiger partial charge < -0.3 is 14.1 Å². The quantitative estimate of drug-likeness (QED) is 0.661. The molecule has 5 atom stereocenters. The number of halogens is 1. The van der Waals surface area contributed by atoms with Gasteiger partial charge in [0.15, 0.2) is 11.6 Å². The van der Waals surface area contributed by atoms with Gasteiger partial charge in [0, 0.05) is 36.1 Å². The fraction of sp³-hybridized carbons (Fsp3) is 0.625. The number of amides is 1. The lowest BCUT2D eigenvalue weighted by molar-refractivity contribution is -0.134. The van der Waals surface area contributed by atoms with Crippen LogP contribution in [0.4, 0.5) is 4.39 Å². The van der Waals surface area contributed by atoms with Crippen LogP contribution in [0.15, 0.2) is 18.3 Å². The summed E-state index contributed by atoms with van der Waals surface area (Å²) in [5, 5.41) is 0.287. The zero-order chi connectivity index (χ0) is 22.8. The summed E-state index contributed by atoms with van der Waals surface area (Å²) in [5.41, 5.74) is 1.58. The fourth-order valence-electron chi connectivity index (χ4n) is 6.90. The van der Waals surface area contributed by atoms with Crippen LogP contribution in [-0.4, -0.2) is 43.1 Å². The Hall–Kier alpha value is -2.09. The number of carbonyl (C=O) groups is 1. The SMILES string of the molecule is CC(CC(=O)N1CC2CC3CC1CC(C)(C3)C2)c1c[nH]c2ccc(OS(C)(=O)=O)c(F)c12. The molecule has 6 nitrogen and oxygen atoms in total. The lowest BCUT2D eigenvalue weighted by Gasteiger charge is -2.46. The molecule has 8 heteroatoms. The second kappa shape index (κ2) is 7.47. The van der Waals surface area contributed by atoms with Crippen LogP contribution in [0, 0.1) is 23.1 Å². The minimum Gasteiger partial charge on any atom is -0.379 e. The predicted octanol–water partition coefficient (Wildman–Crippen LogP) is 4.57. The monoisotopic (exact) mass is 462 g/mol. The minimum absolute atomic E-state index is 0.137. The molecule has 174 valence electrons. The van der Waals surface area contributed by atoms with E-state index in [1.807, 2.05) is 6.92 Å². The third-order valence-corrected chi connectivity index (χ3v) is 8.29. The summed E-state index contributed by atoms with van der Waals surface area (Å²) in [7, 11) is -3.85. The van der Waals surface area contributed by atoms with Crippen molar-refractivity contribution in [3.8, 4) is 5.75 Å². The summed E-state index contributed by atoms with van der Waals surface area (Å²) in [5.74, 6) is 0.204. The number of benzene rings is 1. The molecule has 32 heavy (non-hydrogen) atoms. The number of nitrogens with zero attached hydrogens (tertiary/aromatic N) is 1. The number of nitrogens with one attached hydrogen (secondary N) is 1. The number of fused-ring (bicyclic) bond motifs is 2. The Morgan fingerprint density at radius 1 is 1.28 bits per heavy atom. The molecular weight excluding hydrogens is 431 g/mol. The van der Waals surface area contributed by atoms with Crippen LogP contribution in [0.2, 0.25) is 0 Å². The first-order valence-electron chi connectivity index (χ1n) is 11.5. The standard InChI is InChI=1S/C24H31FN2O4S/c1-14(18-12-26-19-4-5-20(23(25)22(18)19)31-32(3,29)30)6-21(28)27-13-16-7-15-8-17(27)11-24(2,9-15)10-16/h4-5,12,14-17,26H,6-11,13H2,1-3H3. The molecule has 2 aliphatic carbocycles. The second-order valence-corrected chi connectivity index (χ2v) is 12.3. The smallest absolute Gasteiger partial charge is 0.306 e. The molecule has 4 aliphatic rings. The largest absolute Gasteiger partial charge is 0.379 e. The zero-order valence-electron chi connectivity index (χ0n) is 18.9. The lowest BCUT2D eigenvalue weighted by Crippen LogP contribution is -2.44. The third-order valence-electron chi connectivity index (χ3n) is 7.81. The van der Waals surface area contributed by atoms with Crippen molar-refractivity contribution in [1.82, 2.24) is 9.88 Å². The fourth-order valence-corrected chi connectivity index (χ4v) is 7.35. The van der Waals surface area contributed by atoms with Crippen LogP contribution >= 0.6 is 0 Å². The maximum Gasteiger partial charge on any atom is 0.306 e. The summed E-state index contributed by atoms with van der Waals surface area (Å²) < 4.78 is 42.9. The van der Waals surface area contributed by atoms with Gasteiger partial charge in [0.25, 0.3) is 0 Å². The van der Waals surface area contributed by atoms with E-state index < -0.39 is 15.9 Å². The molecule has 2 aliphatic heterocycles. The van der Waals surface area contributed by atoms with Gasteiger partial charge >= 0.3 is 10.1 Å². The van der Waals surface area contributed by atoms with Gasteiger partial charge in [0.05, 0.1) is 6.26 Å². The molecule has 6 rings (SSSR count). The first kappa shape index (κ1) is 21.7. The topological polar surface area (TPSA) is 79.5 Å². The number of rotatable bonds is 5. The van der Waals surface area contributed by atoms with Crippen LogP contribution < -0.4 is 4.18 Å². The number of hydrogen-bond donors (Lipinski definition) is 1. The van der Waals surface area contributed by atoms with Crippen LogP contribution in [0.1, 0.15) is 63.9 Å². The van der Waals surface area contributed by atoms with Crippen molar-refractivity contribution in [3.05, 3.63) is 29.7 Å². The van der Waals surface area contributed by atoms with E-state index in [1.54, 1.807) is 12.3 Å². The van der Waals surface area contributed by atoms with Crippen LogP contribution in [0.5, 0.6) is 5.75 Å². The van der Waals surface area contributed by atoms with Gasteiger partial charge in [-0.05, 0) is 73.0 Å². The Balaban J connectivity index is 1.39. The Labute approximate surface area is 188 Å². The van der Waals surface area contributed by atoms with Gasteiger partial charge in [0.2, 0.25) is 5.91 Å². The highest BCUT2D eigenvalue weighted by atomic mass is 32.2. The van der Waals surface area contributed by atoms with Crippen LogP contribution in [-0.2, 0) is 14.9 Å². The van der Waals surface area contributed by atoms with Gasteiger partial charge in [-0.3, -0.25) is 4.79 Å². The molecular formula is C24H31FN2O4S. The third kappa shape index (κ3) is 3.91. The number of hydrogen-bond acceptors (Lipinski definition) is 4. The van der Waals surface area contributed by atoms with Crippen molar-refractivity contribution < 1.29 is 21.8 Å². The Bertz CT molecular complexity index is 1180. The summed E-state index contributed by atoms with van der Waals surface area (Å²) in [6.07, 6.45) is 8.86. The van der Waals surface area contributed by atoms with E-state index >= 15 is 4.39 Å². The number of H-pyrrole nitrogens is 1. The molecule has 1 aromatic carbocycles. The predicted molar refractivity (Wildman–Crippen MR) is 120 cm³/mol. The number of aromatic nitrogens is 1. The van der Waals surface area contributed by atoms with E-state index in [4.69, 9.17) is 4.18 Å².